The minimum Gasteiger partial charge on any atom is -0.388 e. The first-order chi connectivity index (χ1) is 17.9. The van der Waals surface area contributed by atoms with E-state index in [9.17, 15) is 14.4 Å². The predicted octanol–water partition coefficient (Wildman–Crippen LogP) is 2.45. The van der Waals surface area contributed by atoms with E-state index in [1.54, 1.807) is 49.5 Å². The monoisotopic (exact) mass is 498 g/mol. The third kappa shape index (κ3) is 8.69. The SMILES string of the molecule is C[C@@H](N)[C@H](NC(=O)c1ccc(C#Cc2ccc(NC(=O)CCCc3cccnc3)cc2)cc1)C(=O)CO. The molecule has 190 valence electrons. The van der Waals surface area contributed by atoms with Gasteiger partial charge in [0.15, 0.2) is 5.78 Å². The molecular weight excluding hydrogens is 468 g/mol. The second-order valence-electron chi connectivity index (χ2n) is 8.60. The fourth-order valence-electron chi connectivity index (χ4n) is 3.54. The lowest BCUT2D eigenvalue weighted by Crippen LogP contribution is -2.52. The Balaban J connectivity index is 1.51. The number of nitrogens with one attached hydrogen (secondary N) is 2. The van der Waals surface area contributed by atoms with Gasteiger partial charge in [-0.2, -0.15) is 0 Å². The number of anilines is 1. The van der Waals surface area contributed by atoms with Crippen molar-refractivity contribution in [2.75, 3.05) is 11.9 Å². The van der Waals surface area contributed by atoms with Crippen LogP contribution in [-0.4, -0.2) is 46.4 Å². The quantitative estimate of drug-likeness (QED) is 0.317. The van der Waals surface area contributed by atoms with Gasteiger partial charge in [0.1, 0.15) is 12.6 Å². The first-order valence-corrected chi connectivity index (χ1v) is 12.0. The van der Waals surface area contributed by atoms with Crippen molar-refractivity contribution in [3.63, 3.8) is 0 Å². The molecule has 3 aromatic rings. The summed E-state index contributed by atoms with van der Waals surface area (Å²) in [5, 5.41) is 14.5. The summed E-state index contributed by atoms with van der Waals surface area (Å²) < 4.78 is 0. The zero-order valence-corrected chi connectivity index (χ0v) is 20.6. The third-order valence-corrected chi connectivity index (χ3v) is 5.57. The molecular formula is C29H30N4O4. The molecule has 0 unspecified atom stereocenters. The summed E-state index contributed by atoms with van der Waals surface area (Å²) in [6, 6.07) is 16.2. The zero-order valence-electron chi connectivity index (χ0n) is 20.6. The standard InChI is InChI=1S/C29H30N4O4/c1-20(30)28(26(35)19-34)33-29(37)24-13-9-21(10-14-24)7-8-22-11-15-25(16-12-22)32-27(36)6-2-4-23-5-3-17-31-18-23/h3,5,9-18,20,28,34H,2,4,6,19,30H2,1H3,(H,32,36)(H,33,37)/t20-,28+/m1/s1. The summed E-state index contributed by atoms with van der Waals surface area (Å²) in [5.41, 5.74) is 9.39. The molecule has 0 saturated heterocycles. The largest absolute Gasteiger partial charge is 0.388 e. The van der Waals surface area contributed by atoms with Crippen LogP contribution in [0.2, 0.25) is 0 Å². The molecule has 3 rings (SSSR count). The van der Waals surface area contributed by atoms with Gasteiger partial charge in [0.25, 0.3) is 5.91 Å². The lowest BCUT2D eigenvalue weighted by atomic mass is 10.0. The molecule has 2 amide bonds. The summed E-state index contributed by atoms with van der Waals surface area (Å²) in [6.07, 6.45) is 5.51. The summed E-state index contributed by atoms with van der Waals surface area (Å²) >= 11 is 0. The molecule has 0 aliphatic carbocycles. The highest BCUT2D eigenvalue weighted by atomic mass is 16.3. The van der Waals surface area contributed by atoms with E-state index in [4.69, 9.17) is 10.8 Å². The summed E-state index contributed by atoms with van der Waals surface area (Å²) in [6.45, 7) is 0.893. The van der Waals surface area contributed by atoms with Gasteiger partial charge >= 0.3 is 0 Å². The fourth-order valence-corrected chi connectivity index (χ4v) is 3.54. The van der Waals surface area contributed by atoms with E-state index >= 15 is 0 Å². The fraction of sp³-hybridized carbons (Fsp3) is 0.241. The van der Waals surface area contributed by atoms with Crippen LogP contribution in [0.4, 0.5) is 5.69 Å². The van der Waals surface area contributed by atoms with Crippen molar-refractivity contribution in [3.8, 4) is 11.8 Å². The third-order valence-electron chi connectivity index (χ3n) is 5.57. The number of Topliss-reactive ketones (excluding diaryl/α,β-unsaturated/α-hetero) is 1. The van der Waals surface area contributed by atoms with Gasteiger partial charge in [-0.15, -0.1) is 0 Å². The molecule has 0 bridgehead atoms. The molecule has 1 aromatic heterocycles. The summed E-state index contributed by atoms with van der Waals surface area (Å²) in [4.78, 5) is 40.5. The molecule has 2 aromatic carbocycles. The number of rotatable bonds is 10. The molecule has 8 heteroatoms. The molecule has 5 N–H and O–H groups in total. The molecule has 0 radical (unpaired) electrons. The minimum atomic E-state index is -0.962. The number of ketones is 1. The van der Waals surface area contributed by atoms with Crippen LogP contribution < -0.4 is 16.4 Å². The van der Waals surface area contributed by atoms with E-state index in [1.807, 2.05) is 30.5 Å². The average Bonchev–Trinajstić information content (AvgIpc) is 2.91. The Morgan fingerprint density at radius 2 is 1.65 bits per heavy atom. The maximum absolute atomic E-state index is 12.4. The normalized spacial score (nSPS) is 12.0. The molecule has 0 fully saturated rings. The van der Waals surface area contributed by atoms with Crippen LogP contribution in [0, 0.1) is 11.8 Å². The van der Waals surface area contributed by atoms with Crippen molar-refractivity contribution >= 4 is 23.3 Å². The maximum Gasteiger partial charge on any atom is 0.251 e. The van der Waals surface area contributed by atoms with Gasteiger partial charge in [-0.1, -0.05) is 17.9 Å². The Kier molecular flexibility index (Phi) is 10.1. The maximum atomic E-state index is 12.4. The van der Waals surface area contributed by atoms with E-state index in [0.717, 1.165) is 24.0 Å². The second kappa shape index (κ2) is 13.7. The van der Waals surface area contributed by atoms with Crippen molar-refractivity contribution in [1.82, 2.24) is 10.3 Å². The van der Waals surface area contributed by atoms with Crippen LogP contribution in [0.5, 0.6) is 0 Å². The molecule has 0 saturated carbocycles. The highest BCUT2D eigenvalue weighted by Gasteiger charge is 2.24. The lowest BCUT2D eigenvalue weighted by molar-refractivity contribution is -0.124. The molecule has 0 aliphatic heterocycles. The predicted molar refractivity (Wildman–Crippen MR) is 142 cm³/mol. The van der Waals surface area contributed by atoms with E-state index < -0.39 is 30.4 Å². The Hall–Kier alpha value is -4.32. The first kappa shape index (κ1) is 27.3. The number of hydrogen-bond donors (Lipinski definition) is 4. The summed E-state index contributed by atoms with van der Waals surface area (Å²) in [7, 11) is 0. The van der Waals surface area contributed by atoms with E-state index in [1.165, 1.54) is 0 Å². The Morgan fingerprint density at radius 1 is 1.00 bits per heavy atom. The Bertz CT molecular complexity index is 1260. The average molecular weight is 499 g/mol. The van der Waals surface area contributed by atoms with Gasteiger partial charge in [-0.3, -0.25) is 19.4 Å². The van der Waals surface area contributed by atoms with Crippen LogP contribution in [0.25, 0.3) is 0 Å². The van der Waals surface area contributed by atoms with Crippen molar-refractivity contribution in [3.05, 3.63) is 95.3 Å². The number of benzene rings is 2. The van der Waals surface area contributed by atoms with Gasteiger partial charge in [0.2, 0.25) is 5.91 Å². The number of carbonyl (C=O) groups excluding carboxylic acids is 3. The van der Waals surface area contributed by atoms with E-state index in [0.29, 0.717) is 23.2 Å². The molecule has 1 heterocycles. The topological polar surface area (TPSA) is 134 Å². The number of pyridine rings is 1. The van der Waals surface area contributed by atoms with Crippen LogP contribution in [0.1, 0.15) is 46.8 Å². The number of nitrogens with two attached hydrogens (primary N) is 1. The molecule has 8 nitrogen and oxygen atoms in total. The Morgan fingerprint density at radius 3 is 2.22 bits per heavy atom. The zero-order chi connectivity index (χ0) is 26.6. The van der Waals surface area contributed by atoms with Crippen molar-refractivity contribution < 1.29 is 19.5 Å². The van der Waals surface area contributed by atoms with Gasteiger partial charge in [-0.25, -0.2) is 0 Å². The molecule has 37 heavy (non-hydrogen) atoms. The number of carbonyl (C=O) groups is 3. The smallest absolute Gasteiger partial charge is 0.251 e. The number of nitrogens with zero attached hydrogens (tertiary/aromatic N) is 1. The van der Waals surface area contributed by atoms with Gasteiger partial charge in [0.05, 0.1) is 0 Å². The van der Waals surface area contributed by atoms with Gasteiger partial charge in [0, 0.05) is 47.2 Å². The number of hydrogen-bond acceptors (Lipinski definition) is 6. The lowest BCUT2D eigenvalue weighted by Gasteiger charge is -2.20. The second-order valence-corrected chi connectivity index (χ2v) is 8.60. The van der Waals surface area contributed by atoms with Crippen LogP contribution in [0.3, 0.4) is 0 Å². The molecule has 0 aliphatic rings. The number of aryl methyl sites for hydroxylation is 1. The van der Waals surface area contributed by atoms with Crippen LogP contribution in [0.15, 0.2) is 73.1 Å². The van der Waals surface area contributed by atoms with Gasteiger partial charge in [-0.05, 0) is 79.9 Å². The first-order valence-electron chi connectivity index (χ1n) is 12.0. The van der Waals surface area contributed by atoms with E-state index in [2.05, 4.69) is 27.5 Å². The highest BCUT2D eigenvalue weighted by Crippen LogP contribution is 2.11. The number of aliphatic hydroxyl groups excluding tert-OH is 1. The summed E-state index contributed by atoms with van der Waals surface area (Å²) in [5.74, 6) is 5.04. The molecule has 2 atom stereocenters. The van der Waals surface area contributed by atoms with Crippen molar-refractivity contribution in [2.45, 2.75) is 38.3 Å². The number of amides is 2. The highest BCUT2D eigenvalue weighted by molar-refractivity contribution is 5.98. The molecule has 0 spiro atoms. The van der Waals surface area contributed by atoms with Gasteiger partial charge < -0.3 is 21.5 Å². The minimum absolute atomic E-state index is 0.0418. The van der Waals surface area contributed by atoms with Crippen LogP contribution in [-0.2, 0) is 16.0 Å². The van der Waals surface area contributed by atoms with Crippen molar-refractivity contribution in [1.29, 1.82) is 0 Å². The van der Waals surface area contributed by atoms with Crippen LogP contribution >= 0.6 is 0 Å². The van der Waals surface area contributed by atoms with E-state index in [-0.39, 0.29) is 5.91 Å². The van der Waals surface area contributed by atoms with Crippen molar-refractivity contribution in [2.24, 2.45) is 5.73 Å². The number of aromatic nitrogens is 1. The Labute approximate surface area is 216 Å². The number of aliphatic hydroxyl groups is 1.